The summed E-state index contributed by atoms with van der Waals surface area (Å²) in [6, 6.07) is 15.3. The molecule has 0 spiro atoms. The number of benzene rings is 2. The van der Waals surface area contributed by atoms with Gasteiger partial charge >= 0.3 is 6.03 Å². The van der Waals surface area contributed by atoms with E-state index in [0.717, 1.165) is 22.4 Å². The van der Waals surface area contributed by atoms with Crippen LogP contribution in [0.3, 0.4) is 0 Å². The first-order valence-corrected chi connectivity index (χ1v) is 9.33. The van der Waals surface area contributed by atoms with Gasteiger partial charge in [-0.25, -0.2) is 4.79 Å². The van der Waals surface area contributed by atoms with Gasteiger partial charge in [-0.05, 0) is 37.5 Å². The van der Waals surface area contributed by atoms with Crippen molar-refractivity contribution in [3.05, 3.63) is 65.2 Å². The number of hydrogen-bond donors (Lipinski definition) is 1. The number of nitrogens with one attached hydrogen (secondary N) is 1. The predicted molar refractivity (Wildman–Crippen MR) is 105 cm³/mol. The number of carbonyl (C=O) groups is 2. The SMILES string of the molecule is COc1cccc(CNC(=O)N2CCC(C(=O)c3ccc(C)cc3)CC2)c1. The molecule has 1 fully saturated rings. The van der Waals surface area contributed by atoms with E-state index >= 15 is 0 Å². The summed E-state index contributed by atoms with van der Waals surface area (Å²) in [4.78, 5) is 26.8. The van der Waals surface area contributed by atoms with Gasteiger partial charge in [-0.2, -0.15) is 0 Å². The summed E-state index contributed by atoms with van der Waals surface area (Å²) < 4.78 is 5.20. The Morgan fingerprint density at radius 1 is 1.11 bits per heavy atom. The Morgan fingerprint density at radius 2 is 1.81 bits per heavy atom. The summed E-state index contributed by atoms with van der Waals surface area (Å²) in [6.45, 7) is 3.67. The van der Waals surface area contributed by atoms with Crippen LogP contribution in [0.15, 0.2) is 48.5 Å². The molecule has 0 bridgehead atoms. The van der Waals surface area contributed by atoms with Gasteiger partial charge in [0.2, 0.25) is 0 Å². The van der Waals surface area contributed by atoms with Crippen LogP contribution in [-0.2, 0) is 6.54 Å². The number of aryl methyl sites for hydroxylation is 1. The van der Waals surface area contributed by atoms with Gasteiger partial charge in [0.1, 0.15) is 5.75 Å². The summed E-state index contributed by atoms with van der Waals surface area (Å²) in [5, 5.41) is 2.95. The minimum atomic E-state index is -0.0842. The summed E-state index contributed by atoms with van der Waals surface area (Å²) in [5.41, 5.74) is 2.91. The zero-order valence-corrected chi connectivity index (χ0v) is 15.9. The molecule has 2 aromatic rings. The molecular weight excluding hydrogens is 340 g/mol. The molecule has 3 rings (SSSR count). The van der Waals surface area contributed by atoms with Gasteiger partial charge in [0.25, 0.3) is 0 Å². The number of rotatable bonds is 5. The molecule has 1 N–H and O–H groups in total. The van der Waals surface area contributed by atoms with E-state index in [2.05, 4.69) is 5.32 Å². The fraction of sp³-hybridized carbons (Fsp3) is 0.364. The molecule has 5 heteroatoms. The molecule has 1 aliphatic rings. The summed E-state index contributed by atoms with van der Waals surface area (Å²) in [6.07, 6.45) is 1.42. The topological polar surface area (TPSA) is 58.6 Å². The zero-order valence-electron chi connectivity index (χ0n) is 15.9. The third-order valence-corrected chi connectivity index (χ3v) is 5.07. The van der Waals surface area contributed by atoms with Crippen LogP contribution in [0.4, 0.5) is 4.79 Å². The molecule has 5 nitrogen and oxygen atoms in total. The van der Waals surface area contributed by atoms with Crippen molar-refractivity contribution < 1.29 is 14.3 Å². The minimum Gasteiger partial charge on any atom is -0.497 e. The first-order chi connectivity index (χ1) is 13.1. The molecule has 1 heterocycles. The number of Topliss-reactive ketones (excluding diaryl/α,β-unsaturated/α-hetero) is 1. The molecule has 0 aliphatic carbocycles. The van der Waals surface area contributed by atoms with E-state index in [4.69, 9.17) is 4.74 Å². The average molecular weight is 366 g/mol. The van der Waals surface area contributed by atoms with Crippen molar-refractivity contribution in [2.24, 2.45) is 5.92 Å². The van der Waals surface area contributed by atoms with Crippen LogP contribution >= 0.6 is 0 Å². The van der Waals surface area contributed by atoms with E-state index in [1.807, 2.05) is 55.5 Å². The number of likely N-dealkylation sites (tertiary alicyclic amines) is 1. The number of urea groups is 1. The first kappa shape index (κ1) is 19.0. The molecule has 0 radical (unpaired) electrons. The highest BCUT2D eigenvalue weighted by Crippen LogP contribution is 2.22. The lowest BCUT2D eigenvalue weighted by Gasteiger charge is -2.31. The number of ketones is 1. The van der Waals surface area contributed by atoms with Gasteiger partial charge in [0, 0.05) is 31.1 Å². The van der Waals surface area contributed by atoms with Crippen LogP contribution < -0.4 is 10.1 Å². The molecule has 0 aromatic heterocycles. The molecule has 0 unspecified atom stereocenters. The van der Waals surface area contributed by atoms with E-state index in [9.17, 15) is 9.59 Å². The Balaban J connectivity index is 1.48. The molecule has 0 atom stereocenters. The van der Waals surface area contributed by atoms with E-state index in [1.165, 1.54) is 0 Å². The van der Waals surface area contributed by atoms with Gasteiger partial charge in [0.15, 0.2) is 5.78 Å². The van der Waals surface area contributed by atoms with Crippen molar-refractivity contribution in [2.75, 3.05) is 20.2 Å². The molecule has 1 saturated heterocycles. The largest absolute Gasteiger partial charge is 0.497 e. The molecule has 142 valence electrons. The summed E-state index contributed by atoms with van der Waals surface area (Å²) >= 11 is 0. The zero-order chi connectivity index (χ0) is 19.2. The maximum atomic E-state index is 12.6. The highest BCUT2D eigenvalue weighted by atomic mass is 16.5. The van der Waals surface area contributed by atoms with E-state index < -0.39 is 0 Å². The van der Waals surface area contributed by atoms with Crippen LogP contribution in [0.1, 0.15) is 34.3 Å². The van der Waals surface area contributed by atoms with Crippen molar-refractivity contribution in [3.63, 3.8) is 0 Å². The third-order valence-electron chi connectivity index (χ3n) is 5.07. The van der Waals surface area contributed by atoms with Gasteiger partial charge in [-0.15, -0.1) is 0 Å². The monoisotopic (exact) mass is 366 g/mol. The second-order valence-corrected chi connectivity index (χ2v) is 7.00. The minimum absolute atomic E-state index is 0.00450. The molecular formula is C22H26N2O3. The van der Waals surface area contributed by atoms with Crippen LogP contribution in [0, 0.1) is 12.8 Å². The quantitative estimate of drug-likeness (QED) is 0.819. The molecule has 2 aromatic carbocycles. The van der Waals surface area contributed by atoms with Crippen LogP contribution in [0.2, 0.25) is 0 Å². The van der Waals surface area contributed by atoms with Gasteiger partial charge in [-0.1, -0.05) is 42.0 Å². The number of hydrogen-bond acceptors (Lipinski definition) is 3. The number of amides is 2. The number of ether oxygens (including phenoxy) is 1. The fourth-order valence-corrected chi connectivity index (χ4v) is 3.37. The van der Waals surface area contributed by atoms with E-state index in [0.29, 0.717) is 32.5 Å². The Labute approximate surface area is 160 Å². The number of methoxy groups -OCH3 is 1. The lowest BCUT2D eigenvalue weighted by atomic mass is 9.89. The average Bonchev–Trinajstić information content (AvgIpc) is 2.72. The highest BCUT2D eigenvalue weighted by Gasteiger charge is 2.27. The lowest BCUT2D eigenvalue weighted by Crippen LogP contribution is -2.45. The standard InChI is InChI=1S/C22H26N2O3/c1-16-6-8-18(9-7-16)21(25)19-10-12-24(13-11-19)22(26)23-15-17-4-3-5-20(14-17)27-2/h3-9,14,19H,10-13,15H2,1-2H3,(H,23,26). The Hall–Kier alpha value is -2.82. The number of piperidine rings is 1. The molecule has 0 saturated carbocycles. The van der Waals surface area contributed by atoms with Crippen molar-refractivity contribution >= 4 is 11.8 Å². The Kier molecular flexibility index (Phi) is 6.12. The maximum Gasteiger partial charge on any atom is 0.317 e. The molecule has 2 amide bonds. The van der Waals surface area contributed by atoms with Crippen LogP contribution in [-0.4, -0.2) is 36.9 Å². The van der Waals surface area contributed by atoms with Gasteiger partial charge in [0.05, 0.1) is 7.11 Å². The molecule has 27 heavy (non-hydrogen) atoms. The number of carbonyl (C=O) groups excluding carboxylic acids is 2. The van der Waals surface area contributed by atoms with Crippen molar-refractivity contribution in [1.82, 2.24) is 10.2 Å². The van der Waals surface area contributed by atoms with Gasteiger partial charge < -0.3 is 15.0 Å². The normalized spacial score (nSPS) is 14.7. The first-order valence-electron chi connectivity index (χ1n) is 9.33. The highest BCUT2D eigenvalue weighted by molar-refractivity contribution is 5.98. The second-order valence-electron chi connectivity index (χ2n) is 7.00. The fourth-order valence-electron chi connectivity index (χ4n) is 3.37. The smallest absolute Gasteiger partial charge is 0.317 e. The van der Waals surface area contributed by atoms with Gasteiger partial charge in [-0.3, -0.25) is 4.79 Å². The lowest BCUT2D eigenvalue weighted by molar-refractivity contribution is 0.0854. The van der Waals surface area contributed by atoms with Crippen LogP contribution in [0.25, 0.3) is 0 Å². The van der Waals surface area contributed by atoms with E-state index in [-0.39, 0.29) is 17.7 Å². The van der Waals surface area contributed by atoms with E-state index in [1.54, 1.807) is 12.0 Å². The van der Waals surface area contributed by atoms with Crippen LogP contribution in [0.5, 0.6) is 5.75 Å². The van der Waals surface area contributed by atoms with Crippen molar-refractivity contribution in [2.45, 2.75) is 26.3 Å². The number of nitrogens with zero attached hydrogens (tertiary/aromatic N) is 1. The molecule has 1 aliphatic heterocycles. The third kappa shape index (κ3) is 4.88. The predicted octanol–water partition coefficient (Wildman–Crippen LogP) is 3.81. The summed E-state index contributed by atoms with van der Waals surface area (Å²) in [5.74, 6) is 0.957. The maximum absolute atomic E-state index is 12.6. The second kappa shape index (κ2) is 8.71. The Bertz CT molecular complexity index is 793. The van der Waals surface area contributed by atoms with Crippen molar-refractivity contribution in [1.29, 1.82) is 0 Å². The Morgan fingerprint density at radius 3 is 2.48 bits per heavy atom. The van der Waals surface area contributed by atoms with Crippen molar-refractivity contribution in [3.8, 4) is 5.75 Å². The summed E-state index contributed by atoms with van der Waals surface area (Å²) in [7, 11) is 1.62.